The number of methoxy groups -OCH3 is 1. The number of halogens is 2. The molecular weight excluding hydrogens is 372 g/mol. The predicted octanol–water partition coefficient (Wildman–Crippen LogP) is 3.82. The first kappa shape index (κ1) is 19.2. The molecular formula is C19H21F2N3O2S. The second kappa shape index (κ2) is 8.85. The van der Waals surface area contributed by atoms with E-state index in [4.69, 9.17) is 17.0 Å². The number of ether oxygens (including phenoxy) is 2. The van der Waals surface area contributed by atoms with Crippen molar-refractivity contribution in [1.29, 1.82) is 0 Å². The standard InChI is InChI=1S/C19H21F2N3O2S/c1-25-16-8-4-15(5-9-16)23-10-12-24(13-11-23)19(27)22-14-2-6-17(7-3-14)26-18(20)21/h2-9,18H,10-13H2,1H3,(H,22,27). The molecule has 1 fully saturated rings. The smallest absolute Gasteiger partial charge is 0.387 e. The van der Waals surface area contributed by atoms with E-state index in [0.29, 0.717) is 5.11 Å². The molecule has 0 radical (unpaired) electrons. The van der Waals surface area contributed by atoms with E-state index >= 15 is 0 Å². The molecule has 144 valence electrons. The molecule has 1 heterocycles. The molecule has 1 aliphatic heterocycles. The number of nitrogens with zero attached hydrogens (tertiary/aromatic N) is 2. The van der Waals surface area contributed by atoms with Gasteiger partial charge in [0.1, 0.15) is 11.5 Å². The van der Waals surface area contributed by atoms with Gasteiger partial charge in [0, 0.05) is 37.6 Å². The van der Waals surface area contributed by atoms with E-state index in [9.17, 15) is 8.78 Å². The first-order valence-electron chi connectivity index (χ1n) is 8.55. The van der Waals surface area contributed by atoms with Gasteiger partial charge in [0.15, 0.2) is 5.11 Å². The van der Waals surface area contributed by atoms with Crippen LogP contribution in [0.2, 0.25) is 0 Å². The third-order valence-electron chi connectivity index (χ3n) is 4.34. The van der Waals surface area contributed by atoms with Gasteiger partial charge in [-0.1, -0.05) is 0 Å². The Labute approximate surface area is 162 Å². The SMILES string of the molecule is COc1ccc(N2CCN(C(=S)Nc3ccc(OC(F)F)cc3)CC2)cc1. The van der Waals surface area contributed by atoms with E-state index in [1.54, 1.807) is 19.2 Å². The third-order valence-corrected chi connectivity index (χ3v) is 4.70. The number of alkyl halides is 2. The van der Waals surface area contributed by atoms with Crippen molar-refractivity contribution < 1.29 is 18.3 Å². The van der Waals surface area contributed by atoms with Crippen molar-refractivity contribution in [2.45, 2.75) is 6.61 Å². The lowest BCUT2D eigenvalue weighted by molar-refractivity contribution is -0.0498. The van der Waals surface area contributed by atoms with Crippen molar-refractivity contribution >= 4 is 28.7 Å². The van der Waals surface area contributed by atoms with Crippen LogP contribution in [0.4, 0.5) is 20.2 Å². The normalized spacial score (nSPS) is 14.2. The minimum Gasteiger partial charge on any atom is -0.497 e. The van der Waals surface area contributed by atoms with E-state index in [0.717, 1.165) is 43.3 Å². The fourth-order valence-corrected chi connectivity index (χ4v) is 3.18. The van der Waals surface area contributed by atoms with Gasteiger partial charge in [-0.15, -0.1) is 0 Å². The average Bonchev–Trinajstić information content (AvgIpc) is 2.69. The number of rotatable bonds is 5. The summed E-state index contributed by atoms with van der Waals surface area (Å²) in [5.41, 5.74) is 1.89. The Balaban J connectivity index is 1.50. The van der Waals surface area contributed by atoms with Gasteiger partial charge in [-0.3, -0.25) is 0 Å². The van der Waals surface area contributed by atoms with Crippen LogP contribution in [0.1, 0.15) is 0 Å². The lowest BCUT2D eigenvalue weighted by atomic mass is 10.2. The molecule has 1 saturated heterocycles. The van der Waals surface area contributed by atoms with Crippen molar-refractivity contribution in [3.05, 3.63) is 48.5 Å². The molecule has 1 aliphatic rings. The molecule has 2 aromatic carbocycles. The number of anilines is 2. The molecule has 0 atom stereocenters. The van der Waals surface area contributed by atoms with Gasteiger partial charge < -0.3 is 24.6 Å². The summed E-state index contributed by atoms with van der Waals surface area (Å²) >= 11 is 5.48. The van der Waals surface area contributed by atoms with Crippen molar-refractivity contribution in [3.8, 4) is 11.5 Å². The summed E-state index contributed by atoms with van der Waals surface area (Å²) < 4.78 is 33.9. The minimum absolute atomic E-state index is 0.120. The number of thiocarbonyl (C=S) groups is 1. The predicted molar refractivity (Wildman–Crippen MR) is 106 cm³/mol. The van der Waals surface area contributed by atoms with Gasteiger partial charge in [0.05, 0.1) is 7.11 Å². The largest absolute Gasteiger partial charge is 0.497 e. The van der Waals surface area contributed by atoms with Gasteiger partial charge >= 0.3 is 6.61 Å². The zero-order chi connectivity index (χ0) is 19.2. The molecule has 2 aromatic rings. The fourth-order valence-electron chi connectivity index (χ4n) is 2.88. The Morgan fingerprint density at radius 2 is 1.56 bits per heavy atom. The Hall–Kier alpha value is -2.61. The van der Waals surface area contributed by atoms with E-state index < -0.39 is 6.61 Å². The fraction of sp³-hybridized carbons (Fsp3) is 0.316. The van der Waals surface area contributed by atoms with Gasteiger partial charge in [-0.25, -0.2) is 0 Å². The lowest BCUT2D eigenvalue weighted by Gasteiger charge is -2.37. The Kier molecular flexibility index (Phi) is 6.28. The van der Waals surface area contributed by atoms with Crippen LogP contribution in [-0.2, 0) is 0 Å². The van der Waals surface area contributed by atoms with E-state index in [1.807, 2.05) is 24.3 Å². The highest BCUT2D eigenvalue weighted by molar-refractivity contribution is 7.80. The van der Waals surface area contributed by atoms with Crippen LogP contribution in [-0.4, -0.2) is 49.9 Å². The van der Waals surface area contributed by atoms with Crippen LogP contribution >= 0.6 is 12.2 Å². The molecule has 0 saturated carbocycles. The Morgan fingerprint density at radius 1 is 0.963 bits per heavy atom. The van der Waals surface area contributed by atoms with Crippen molar-refractivity contribution in [3.63, 3.8) is 0 Å². The summed E-state index contributed by atoms with van der Waals surface area (Å²) in [5.74, 6) is 0.960. The molecule has 3 rings (SSSR count). The lowest BCUT2D eigenvalue weighted by Crippen LogP contribution is -2.50. The van der Waals surface area contributed by atoms with E-state index in [1.165, 1.54) is 12.1 Å². The Bertz CT molecular complexity index is 749. The van der Waals surface area contributed by atoms with Crippen LogP contribution in [0.5, 0.6) is 11.5 Å². The molecule has 8 heteroatoms. The second-order valence-electron chi connectivity index (χ2n) is 6.01. The summed E-state index contributed by atoms with van der Waals surface area (Å²) in [7, 11) is 1.65. The van der Waals surface area contributed by atoms with Gasteiger partial charge in [-0.2, -0.15) is 8.78 Å². The van der Waals surface area contributed by atoms with Gasteiger partial charge in [-0.05, 0) is 60.7 Å². The monoisotopic (exact) mass is 393 g/mol. The number of piperazine rings is 1. The summed E-state index contributed by atoms with van der Waals surface area (Å²) in [4.78, 5) is 4.40. The number of hydrogen-bond acceptors (Lipinski definition) is 4. The van der Waals surface area contributed by atoms with Crippen LogP contribution < -0.4 is 19.7 Å². The van der Waals surface area contributed by atoms with Crippen molar-refractivity contribution in [1.82, 2.24) is 4.90 Å². The number of hydrogen-bond donors (Lipinski definition) is 1. The number of benzene rings is 2. The maximum absolute atomic E-state index is 12.2. The van der Waals surface area contributed by atoms with Crippen molar-refractivity contribution in [2.75, 3.05) is 43.5 Å². The highest BCUT2D eigenvalue weighted by Gasteiger charge is 2.19. The summed E-state index contributed by atoms with van der Waals surface area (Å²) in [6.07, 6.45) is 0. The third kappa shape index (κ3) is 5.19. The molecule has 0 unspecified atom stereocenters. The average molecular weight is 393 g/mol. The molecule has 0 amide bonds. The minimum atomic E-state index is -2.83. The van der Waals surface area contributed by atoms with Gasteiger partial charge in [0.25, 0.3) is 0 Å². The first-order valence-corrected chi connectivity index (χ1v) is 8.96. The molecule has 5 nitrogen and oxygen atoms in total. The number of nitrogens with one attached hydrogen (secondary N) is 1. The molecule has 0 spiro atoms. The molecule has 27 heavy (non-hydrogen) atoms. The van der Waals surface area contributed by atoms with Crippen molar-refractivity contribution in [2.24, 2.45) is 0 Å². The second-order valence-corrected chi connectivity index (χ2v) is 6.39. The maximum atomic E-state index is 12.2. The summed E-state index contributed by atoms with van der Waals surface area (Å²) in [5, 5.41) is 3.76. The zero-order valence-corrected chi connectivity index (χ0v) is 15.7. The summed E-state index contributed by atoms with van der Waals surface area (Å²) in [6, 6.07) is 14.3. The maximum Gasteiger partial charge on any atom is 0.387 e. The molecule has 0 aliphatic carbocycles. The zero-order valence-electron chi connectivity index (χ0n) is 14.9. The molecule has 0 aromatic heterocycles. The quantitative estimate of drug-likeness (QED) is 0.779. The van der Waals surface area contributed by atoms with E-state index in [2.05, 4.69) is 19.9 Å². The topological polar surface area (TPSA) is 37.0 Å². The van der Waals surface area contributed by atoms with Crippen LogP contribution in [0.25, 0.3) is 0 Å². The highest BCUT2D eigenvalue weighted by atomic mass is 32.1. The van der Waals surface area contributed by atoms with Crippen LogP contribution in [0, 0.1) is 0 Å². The van der Waals surface area contributed by atoms with E-state index in [-0.39, 0.29) is 5.75 Å². The summed E-state index contributed by atoms with van der Waals surface area (Å²) in [6.45, 7) is 0.478. The Morgan fingerprint density at radius 3 is 2.11 bits per heavy atom. The van der Waals surface area contributed by atoms with Crippen LogP contribution in [0.3, 0.4) is 0 Å². The highest BCUT2D eigenvalue weighted by Crippen LogP contribution is 2.21. The van der Waals surface area contributed by atoms with Crippen LogP contribution in [0.15, 0.2) is 48.5 Å². The van der Waals surface area contributed by atoms with Gasteiger partial charge in [0.2, 0.25) is 0 Å². The first-order chi connectivity index (χ1) is 13.0. The molecule has 1 N–H and O–H groups in total. The molecule has 0 bridgehead atoms.